The standard InChI is InChI=1S/C20H29N3O/c1-20(2,11-15-23-13-5-3-4-6-14-23)22-19(24)18-9-7-8-17(16-18)10-12-21/h7-9,16H,3-6,10-11,13-15H2,1-2H3,(H,22,24). The van der Waals surface area contributed by atoms with Crippen molar-refractivity contribution in [3.63, 3.8) is 0 Å². The minimum Gasteiger partial charge on any atom is -0.347 e. The third-order valence-electron chi connectivity index (χ3n) is 4.68. The van der Waals surface area contributed by atoms with Crippen LogP contribution in [-0.4, -0.2) is 36.0 Å². The number of carbonyl (C=O) groups excluding carboxylic acids is 1. The highest BCUT2D eigenvalue weighted by atomic mass is 16.1. The van der Waals surface area contributed by atoms with E-state index in [0.29, 0.717) is 12.0 Å². The minimum absolute atomic E-state index is 0.0596. The van der Waals surface area contributed by atoms with Gasteiger partial charge in [0.1, 0.15) is 0 Å². The van der Waals surface area contributed by atoms with E-state index in [0.717, 1.165) is 18.5 Å². The van der Waals surface area contributed by atoms with Gasteiger partial charge in [-0.3, -0.25) is 4.79 Å². The Bertz CT molecular complexity index is 581. The lowest BCUT2D eigenvalue weighted by atomic mass is 9.99. The first kappa shape index (κ1) is 18.5. The lowest BCUT2D eigenvalue weighted by Crippen LogP contribution is -2.45. The van der Waals surface area contributed by atoms with E-state index in [-0.39, 0.29) is 11.4 Å². The average molecular weight is 327 g/mol. The molecule has 0 aliphatic carbocycles. The van der Waals surface area contributed by atoms with Crippen LogP contribution in [0.15, 0.2) is 24.3 Å². The molecule has 4 nitrogen and oxygen atoms in total. The lowest BCUT2D eigenvalue weighted by molar-refractivity contribution is 0.0902. The second-order valence-corrected chi connectivity index (χ2v) is 7.38. The first-order chi connectivity index (χ1) is 11.5. The summed E-state index contributed by atoms with van der Waals surface area (Å²) < 4.78 is 0. The van der Waals surface area contributed by atoms with Crippen molar-refractivity contribution < 1.29 is 4.79 Å². The number of benzene rings is 1. The highest BCUT2D eigenvalue weighted by Crippen LogP contribution is 2.15. The lowest BCUT2D eigenvalue weighted by Gasteiger charge is -2.30. The quantitative estimate of drug-likeness (QED) is 0.869. The van der Waals surface area contributed by atoms with E-state index in [9.17, 15) is 4.79 Å². The molecule has 0 aromatic heterocycles. The van der Waals surface area contributed by atoms with Crippen molar-refractivity contribution in [2.75, 3.05) is 19.6 Å². The largest absolute Gasteiger partial charge is 0.347 e. The molecule has 1 aliphatic rings. The number of nitrogens with one attached hydrogen (secondary N) is 1. The summed E-state index contributed by atoms with van der Waals surface area (Å²) in [7, 11) is 0. The maximum atomic E-state index is 12.5. The summed E-state index contributed by atoms with van der Waals surface area (Å²) in [4.78, 5) is 15.0. The number of nitriles is 1. The van der Waals surface area contributed by atoms with Crippen LogP contribution in [0.1, 0.15) is 61.9 Å². The molecule has 1 N–H and O–H groups in total. The molecule has 2 rings (SSSR count). The molecule has 1 aliphatic heterocycles. The van der Waals surface area contributed by atoms with Crippen molar-refractivity contribution in [3.05, 3.63) is 35.4 Å². The van der Waals surface area contributed by atoms with E-state index >= 15 is 0 Å². The summed E-state index contributed by atoms with van der Waals surface area (Å²) in [5.41, 5.74) is 1.27. The van der Waals surface area contributed by atoms with Crippen LogP contribution in [0.2, 0.25) is 0 Å². The van der Waals surface area contributed by atoms with E-state index in [1.165, 1.54) is 38.8 Å². The van der Waals surface area contributed by atoms with Gasteiger partial charge >= 0.3 is 0 Å². The van der Waals surface area contributed by atoms with Gasteiger partial charge in [0.05, 0.1) is 12.5 Å². The fourth-order valence-corrected chi connectivity index (χ4v) is 3.15. The summed E-state index contributed by atoms with van der Waals surface area (Å²) in [5, 5.41) is 11.9. The molecule has 1 aromatic rings. The van der Waals surface area contributed by atoms with Gasteiger partial charge in [0, 0.05) is 17.6 Å². The Labute approximate surface area is 145 Å². The molecule has 4 heteroatoms. The second kappa shape index (κ2) is 8.84. The number of amides is 1. The Balaban J connectivity index is 1.89. The van der Waals surface area contributed by atoms with Crippen LogP contribution in [0.3, 0.4) is 0 Å². The average Bonchev–Trinajstić information content (AvgIpc) is 2.82. The van der Waals surface area contributed by atoms with Gasteiger partial charge in [-0.05, 0) is 63.9 Å². The molecule has 0 saturated carbocycles. The first-order valence-electron chi connectivity index (χ1n) is 9.01. The van der Waals surface area contributed by atoms with Crippen molar-refractivity contribution in [2.45, 2.75) is 57.9 Å². The molecule has 0 atom stereocenters. The molecule has 1 amide bonds. The predicted octanol–water partition coefficient (Wildman–Crippen LogP) is 3.53. The van der Waals surface area contributed by atoms with Gasteiger partial charge < -0.3 is 10.2 Å². The Kier molecular flexibility index (Phi) is 6.81. The topological polar surface area (TPSA) is 56.1 Å². The van der Waals surface area contributed by atoms with Crippen molar-refractivity contribution in [3.8, 4) is 6.07 Å². The predicted molar refractivity (Wildman–Crippen MR) is 96.8 cm³/mol. The molecule has 0 radical (unpaired) electrons. The van der Waals surface area contributed by atoms with Crippen LogP contribution in [0.25, 0.3) is 0 Å². The first-order valence-corrected chi connectivity index (χ1v) is 9.01. The van der Waals surface area contributed by atoms with Crippen LogP contribution in [0, 0.1) is 11.3 Å². The van der Waals surface area contributed by atoms with E-state index < -0.39 is 0 Å². The molecule has 24 heavy (non-hydrogen) atoms. The van der Waals surface area contributed by atoms with Gasteiger partial charge in [-0.2, -0.15) is 5.26 Å². The van der Waals surface area contributed by atoms with E-state index in [1.54, 1.807) is 6.07 Å². The van der Waals surface area contributed by atoms with E-state index in [2.05, 4.69) is 30.1 Å². The van der Waals surface area contributed by atoms with Crippen LogP contribution in [0.4, 0.5) is 0 Å². The maximum absolute atomic E-state index is 12.5. The van der Waals surface area contributed by atoms with Crippen LogP contribution < -0.4 is 5.32 Å². The monoisotopic (exact) mass is 327 g/mol. The molecule has 1 aromatic carbocycles. The number of hydrogen-bond acceptors (Lipinski definition) is 3. The van der Waals surface area contributed by atoms with Gasteiger partial charge in [0.2, 0.25) is 0 Å². The van der Waals surface area contributed by atoms with Gasteiger partial charge in [0.15, 0.2) is 0 Å². The molecule has 1 heterocycles. The summed E-state index contributed by atoms with van der Waals surface area (Å²) in [5.74, 6) is -0.0596. The molecule has 0 unspecified atom stereocenters. The Morgan fingerprint density at radius 3 is 2.62 bits per heavy atom. The highest BCUT2D eigenvalue weighted by molar-refractivity contribution is 5.94. The van der Waals surface area contributed by atoms with Crippen molar-refractivity contribution in [1.29, 1.82) is 5.26 Å². The Hall–Kier alpha value is -1.86. The number of rotatable bonds is 6. The molecule has 1 saturated heterocycles. The summed E-state index contributed by atoms with van der Waals surface area (Å²) in [6.45, 7) is 7.56. The maximum Gasteiger partial charge on any atom is 0.251 e. The summed E-state index contributed by atoms with van der Waals surface area (Å²) >= 11 is 0. The van der Waals surface area contributed by atoms with Crippen molar-refractivity contribution in [2.24, 2.45) is 0 Å². The zero-order valence-electron chi connectivity index (χ0n) is 15.0. The normalized spacial score (nSPS) is 16.2. The number of hydrogen-bond donors (Lipinski definition) is 1. The number of likely N-dealkylation sites (tertiary alicyclic amines) is 1. The van der Waals surface area contributed by atoms with Gasteiger partial charge in [-0.1, -0.05) is 25.0 Å². The van der Waals surface area contributed by atoms with Crippen LogP contribution >= 0.6 is 0 Å². The molecule has 130 valence electrons. The number of nitrogens with zero attached hydrogens (tertiary/aromatic N) is 2. The Morgan fingerprint density at radius 2 is 1.96 bits per heavy atom. The summed E-state index contributed by atoms with van der Waals surface area (Å²) in [6.07, 6.45) is 6.54. The van der Waals surface area contributed by atoms with Crippen LogP contribution in [0.5, 0.6) is 0 Å². The SMILES string of the molecule is CC(C)(CCN1CCCCCC1)NC(=O)c1cccc(CC#N)c1. The van der Waals surface area contributed by atoms with Crippen LogP contribution in [-0.2, 0) is 6.42 Å². The molecular formula is C20H29N3O. The molecule has 1 fully saturated rings. The zero-order valence-corrected chi connectivity index (χ0v) is 15.0. The zero-order chi connectivity index (χ0) is 17.4. The fraction of sp³-hybridized carbons (Fsp3) is 0.600. The molecular weight excluding hydrogens is 298 g/mol. The van der Waals surface area contributed by atoms with Crippen molar-refractivity contribution in [1.82, 2.24) is 10.2 Å². The smallest absolute Gasteiger partial charge is 0.251 e. The minimum atomic E-state index is -0.241. The third-order valence-corrected chi connectivity index (χ3v) is 4.68. The van der Waals surface area contributed by atoms with Gasteiger partial charge in [-0.15, -0.1) is 0 Å². The second-order valence-electron chi connectivity index (χ2n) is 7.38. The fourth-order valence-electron chi connectivity index (χ4n) is 3.15. The van der Waals surface area contributed by atoms with E-state index in [4.69, 9.17) is 5.26 Å². The van der Waals surface area contributed by atoms with E-state index in [1.807, 2.05) is 18.2 Å². The molecule has 0 spiro atoms. The third kappa shape index (κ3) is 5.98. The molecule has 0 bridgehead atoms. The van der Waals surface area contributed by atoms with Gasteiger partial charge in [-0.25, -0.2) is 0 Å². The van der Waals surface area contributed by atoms with Crippen molar-refractivity contribution >= 4 is 5.91 Å². The Morgan fingerprint density at radius 1 is 1.25 bits per heavy atom. The summed E-state index contributed by atoms with van der Waals surface area (Å²) in [6, 6.07) is 9.46. The number of carbonyl (C=O) groups is 1. The highest BCUT2D eigenvalue weighted by Gasteiger charge is 2.22. The van der Waals surface area contributed by atoms with Gasteiger partial charge in [0.25, 0.3) is 5.91 Å².